The maximum absolute atomic E-state index is 10.0. The van der Waals surface area contributed by atoms with Gasteiger partial charge in [-0.25, -0.2) is 9.97 Å². The van der Waals surface area contributed by atoms with Crippen LogP contribution in [0.25, 0.3) is 11.4 Å². The van der Waals surface area contributed by atoms with Crippen LogP contribution in [0.2, 0.25) is 0 Å². The van der Waals surface area contributed by atoms with E-state index in [9.17, 15) is 5.26 Å². The van der Waals surface area contributed by atoms with E-state index in [1.165, 1.54) is 120 Å². The minimum atomic E-state index is -0.0804. The predicted octanol–water partition coefficient (Wildman–Crippen LogP) is 12.1. The van der Waals surface area contributed by atoms with Gasteiger partial charge in [0.15, 0.2) is 5.82 Å². The van der Waals surface area contributed by atoms with E-state index < -0.39 is 0 Å². The Kier molecular flexibility index (Phi) is 13.9. The molecule has 2 saturated carbocycles. The van der Waals surface area contributed by atoms with Crippen LogP contribution in [0.4, 0.5) is 0 Å². The summed E-state index contributed by atoms with van der Waals surface area (Å²) < 4.78 is 0. The van der Waals surface area contributed by atoms with Crippen LogP contribution in [0, 0.1) is 22.7 Å². The van der Waals surface area contributed by atoms with E-state index >= 15 is 0 Å². The molecule has 0 radical (unpaired) electrons. The summed E-state index contributed by atoms with van der Waals surface area (Å²) in [7, 11) is 0. The third-order valence-corrected chi connectivity index (χ3v) is 10.8. The summed E-state index contributed by atoms with van der Waals surface area (Å²) in [6.45, 7) is 4.57. The van der Waals surface area contributed by atoms with Crippen molar-refractivity contribution in [1.82, 2.24) is 9.97 Å². The molecule has 0 atom stereocenters. The number of rotatable bonds is 17. The van der Waals surface area contributed by atoms with Gasteiger partial charge in [-0.05, 0) is 86.7 Å². The molecule has 42 heavy (non-hydrogen) atoms. The molecule has 4 rings (SSSR count). The molecule has 0 saturated heterocycles. The van der Waals surface area contributed by atoms with Gasteiger partial charge in [0, 0.05) is 18.0 Å². The molecule has 1 aromatic heterocycles. The van der Waals surface area contributed by atoms with Gasteiger partial charge in [-0.15, -0.1) is 0 Å². The van der Waals surface area contributed by atoms with E-state index in [1.807, 2.05) is 0 Å². The van der Waals surface area contributed by atoms with Crippen molar-refractivity contribution >= 4 is 0 Å². The second-order valence-corrected chi connectivity index (χ2v) is 13.9. The highest BCUT2D eigenvalue weighted by Gasteiger charge is 2.35. The molecule has 2 aliphatic carbocycles. The molecule has 3 nitrogen and oxygen atoms in total. The van der Waals surface area contributed by atoms with Crippen LogP contribution < -0.4 is 0 Å². The third kappa shape index (κ3) is 9.92. The van der Waals surface area contributed by atoms with E-state index in [2.05, 4.69) is 56.6 Å². The van der Waals surface area contributed by atoms with Crippen LogP contribution in [-0.2, 0) is 0 Å². The Morgan fingerprint density at radius 3 is 1.81 bits per heavy atom. The summed E-state index contributed by atoms with van der Waals surface area (Å²) in [5.41, 5.74) is 3.78. The van der Waals surface area contributed by atoms with Crippen LogP contribution >= 0.6 is 0 Å². The highest BCUT2D eigenvalue weighted by molar-refractivity contribution is 5.55. The molecule has 0 spiro atoms. The first-order valence-electron chi connectivity index (χ1n) is 18.0. The number of nitriles is 1. The van der Waals surface area contributed by atoms with Crippen molar-refractivity contribution in [3.8, 4) is 17.5 Å². The summed E-state index contributed by atoms with van der Waals surface area (Å²) in [6, 6.07) is 11.8. The molecule has 1 aromatic carbocycles. The van der Waals surface area contributed by atoms with Gasteiger partial charge in [-0.3, -0.25) is 0 Å². The molecule has 230 valence electrons. The Labute approximate surface area is 258 Å². The normalized spacial score (nSPS) is 24.4. The van der Waals surface area contributed by atoms with Crippen molar-refractivity contribution in [1.29, 1.82) is 5.26 Å². The van der Waals surface area contributed by atoms with Gasteiger partial charge < -0.3 is 0 Å². The SMILES string of the molecule is CCCCCCCCCC1(C#N)CCC(c2ccc(-c3ncc(C4CCC(CCCCCCC)CC4)cn3)cc2)CC1. The average Bonchev–Trinajstić information content (AvgIpc) is 3.05. The van der Waals surface area contributed by atoms with Gasteiger partial charge in [0.1, 0.15) is 0 Å². The third-order valence-electron chi connectivity index (χ3n) is 10.8. The zero-order valence-electron chi connectivity index (χ0n) is 27.1. The summed E-state index contributed by atoms with van der Waals surface area (Å²) in [5.74, 6) is 2.99. The minimum absolute atomic E-state index is 0.0804. The van der Waals surface area contributed by atoms with Crippen LogP contribution in [0.3, 0.4) is 0 Å². The quantitative estimate of drug-likeness (QED) is 0.178. The fourth-order valence-electron chi connectivity index (χ4n) is 7.77. The Morgan fingerprint density at radius 2 is 1.21 bits per heavy atom. The smallest absolute Gasteiger partial charge is 0.159 e. The molecule has 0 aliphatic heterocycles. The summed E-state index contributed by atoms with van der Waals surface area (Å²) in [6.07, 6.45) is 32.7. The lowest BCUT2D eigenvalue weighted by Crippen LogP contribution is -2.25. The van der Waals surface area contributed by atoms with Gasteiger partial charge in [0.25, 0.3) is 0 Å². The molecule has 2 aromatic rings. The lowest BCUT2D eigenvalue weighted by molar-refractivity contribution is 0.223. The first-order valence-corrected chi connectivity index (χ1v) is 18.0. The maximum atomic E-state index is 10.0. The largest absolute Gasteiger partial charge is 0.236 e. The molecule has 0 amide bonds. The first kappa shape index (κ1) is 32.7. The molecular formula is C39H59N3. The van der Waals surface area contributed by atoms with E-state index in [4.69, 9.17) is 9.97 Å². The second kappa shape index (κ2) is 17.8. The Bertz CT molecular complexity index is 1030. The van der Waals surface area contributed by atoms with E-state index in [1.54, 1.807) is 0 Å². The highest BCUT2D eigenvalue weighted by atomic mass is 14.9. The number of nitrogens with zero attached hydrogens (tertiary/aromatic N) is 3. The fraction of sp³-hybridized carbons (Fsp3) is 0.718. The van der Waals surface area contributed by atoms with Gasteiger partial charge >= 0.3 is 0 Å². The van der Waals surface area contributed by atoms with Crippen LogP contribution in [0.5, 0.6) is 0 Å². The van der Waals surface area contributed by atoms with Crippen molar-refractivity contribution < 1.29 is 0 Å². The highest BCUT2D eigenvalue weighted by Crippen LogP contribution is 2.46. The molecule has 0 unspecified atom stereocenters. The van der Waals surface area contributed by atoms with Crippen LogP contribution in [0.1, 0.15) is 178 Å². The van der Waals surface area contributed by atoms with Crippen molar-refractivity contribution in [2.75, 3.05) is 0 Å². The Balaban J connectivity index is 1.19. The number of benzene rings is 1. The Morgan fingerprint density at radius 1 is 0.667 bits per heavy atom. The Hall–Kier alpha value is -2.21. The van der Waals surface area contributed by atoms with E-state index in [0.717, 1.165) is 49.4 Å². The molecule has 2 aliphatic rings. The van der Waals surface area contributed by atoms with Crippen LogP contribution in [-0.4, -0.2) is 9.97 Å². The van der Waals surface area contributed by atoms with Crippen molar-refractivity contribution in [3.05, 3.63) is 47.8 Å². The van der Waals surface area contributed by atoms with E-state index in [-0.39, 0.29) is 5.41 Å². The van der Waals surface area contributed by atoms with Gasteiger partial charge in [-0.2, -0.15) is 5.26 Å². The number of hydrogen-bond acceptors (Lipinski definition) is 3. The second-order valence-electron chi connectivity index (χ2n) is 13.9. The van der Waals surface area contributed by atoms with Crippen molar-refractivity contribution in [2.45, 2.75) is 167 Å². The van der Waals surface area contributed by atoms with Crippen molar-refractivity contribution in [3.63, 3.8) is 0 Å². The topological polar surface area (TPSA) is 49.6 Å². The average molecular weight is 570 g/mol. The number of hydrogen-bond donors (Lipinski definition) is 0. The standard InChI is InChI=1S/C39H59N3/c1-3-5-7-9-10-12-14-26-39(31-40)27-24-35(25-28-39)33-20-22-36(23-21-33)38-41-29-37(30-42-38)34-18-16-32(17-19-34)15-13-11-8-6-4-2/h20-23,29-30,32,34-35H,3-19,24-28H2,1-2H3. The summed E-state index contributed by atoms with van der Waals surface area (Å²) >= 11 is 0. The van der Waals surface area contributed by atoms with Crippen molar-refractivity contribution in [2.24, 2.45) is 11.3 Å². The van der Waals surface area contributed by atoms with Gasteiger partial charge in [0.2, 0.25) is 0 Å². The zero-order chi connectivity index (χ0) is 29.5. The molecule has 3 heteroatoms. The predicted molar refractivity (Wildman–Crippen MR) is 177 cm³/mol. The molecule has 2 fully saturated rings. The van der Waals surface area contributed by atoms with Crippen LogP contribution in [0.15, 0.2) is 36.7 Å². The maximum Gasteiger partial charge on any atom is 0.159 e. The molecule has 0 bridgehead atoms. The molecule has 1 heterocycles. The van der Waals surface area contributed by atoms with Gasteiger partial charge in [-0.1, -0.05) is 122 Å². The first-order chi connectivity index (χ1) is 20.7. The molecular weight excluding hydrogens is 510 g/mol. The lowest BCUT2D eigenvalue weighted by atomic mass is 9.67. The fourth-order valence-corrected chi connectivity index (χ4v) is 7.77. The van der Waals surface area contributed by atoms with E-state index in [0.29, 0.717) is 11.8 Å². The monoisotopic (exact) mass is 569 g/mol. The number of unbranched alkanes of at least 4 members (excludes halogenated alkanes) is 10. The minimum Gasteiger partial charge on any atom is -0.236 e. The zero-order valence-corrected chi connectivity index (χ0v) is 27.1. The number of aromatic nitrogens is 2. The summed E-state index contributed by atoms with van der Waals surface area (Å²) in [4.78, 5) is 9.61. The summed E-state index contributed by atoms with van der Waals surface area (Å²) in [5, 5.41) is 10.0. The lowest BCUT2D eigenvalue weighted by Gasteiger charge is -2.35. The van der Waals surface area contributed by atoms with Gasteiger partial charge in [0.05, 0.1) is 11.5 Å². The molecule has 0 N–H and O–H groups in total.